The molecule has 0 saturated carbocycles. The van der Waals surface area contributed by atoms with Crippen LogP contribution in [0.3, 0.4) is 0 Å². The number of carbonyl (C=O) groups is 1. The second-order valence-electron chi connectivity index (χ2n) is 6.27. The highest BCUT2D eigenvalue weighted by Gasteiger charge is 2.20. The molecule has 0 saturated heterocycles. The Balaban J connectivity index is 1.74. The topological polar surface area (TPSA) is 57.0 Å². The predicted molar refractivity (Wildman–Crippen MR) is 108 cm³/mol. The molecule has 0 unspecified atom stereocenters. The third-order valence-corrected chi connectivity index (χ3v) is 5.62. The van der Waals surface area contributed by atoms with Crippen molar-refractivity contribution < 1.29 is 9.53 Å². The van der Waals surface area contributed by atoms with E-state index in [9.17, 15) is 4.79 Å². The Labute approximate surface area is 163 Å². The molecule has 1 atom stereocenters. The summed E-state index contributed by atoms with van der Waals surface area (Å²) in [5, 5.41) is 9.03. The number of ketones is 1. The van der Waals surface area contributed by atoms with E-state index >= 15 is 0 Å². The largest absolute Gasteiger partial charge is 0.497 e. The van der Waals surface area contributed by atoms with Gasteiger partial charge in [0.05, 0.1) is 12.4 Å². The number of rotatable bonds is 7. The number of aryl methyl sites for hydroxylation is 1. The summed E-state index contributed by atoms with van der Waals surface area (Å²) in [6.07, 6.45) is 0.964. The van der Waals surface area contributed by atoms with Gasteiger partial charge in [0.1, 0.15) is 5.75 Å². The molecule has 3 aromatic rings. The fraction of sp³-hybridized carbons (Fsp3) is 0.286. The SMILES string of the molecule is CCc1ccc(C(=O)[C@H](C)Sc2nnc(-c3ccc(OC)cc3)n2C)cc1. The zero-order valence-corrected chi connectivity index (χ0v) is 16.8. The van der Waals surface area contributed by atoms with Crippen LogP contribution in [0, 0.1) is 0 Å². The van der Waals surface area contributed by atoms with Crippen molar-refractivity contribution >= 4 is 17.5 Å². The number of hydrogen-bond donors (Lipinski definition) is 0. The monoisotopic (exact) mass is 381 g/mol. The van der Waals surface area contributed by atoms with Crippen molar-refractivity contribution in [3.05, 3.63) is 59.7 Å². The lowest BCUT2D eigenvalue weighted by molar-refractivity contribution is 0.0994. The van der Waals surface area contributed by atoms with Crippen molar-refractivity contribution in [2.45, 2.75) is 30.7 Å². The quantitative estimate of drug-likeness (QED) is 0.448. The van der Waals surface area contributed by atoms with Crippen LogP contribution < -0.4 is 4.74 Å². The number of nitrogens with zero attached hydrogens (tertiary/aromatic N) is 3. The van der Waals surface area contributed by atoms with E-state index in [1.807, 2.05) is 67.1 Å². The highest BCUT2D eigenvalue weighted by atomic mass is 32.2. The Morgan fingerprint density at radius 2 is 1.78 bits per heavy atom. The molecule has 0 spiro atoms. The van der Waals surface area contributed by atoms with Gasteiger partial charge < -0.3 is 9.30 Å². The van der Waals surface area contributed by atoms with Gasteiger partial charge in [-0.1, -0.05) is 43.0 Å². The first kappa shape index (κ1) is 19.2. The van der Waals surface area contributed by atoms with Gasteiger partial charge in [0.25, 0.3) is 0 Å². The van der Waals surface area contributed by atoms with Crippen molar-refractivity contribution in [1.29, 1.82) is 0 Å². The summed E-state index contributed by atoms with van der Waals surface area (Å²) in [5.74, 6) is 1.65. The van der Waals surface area contributed by atoms with Gasteiger partial charge in [0.15, 0.2) is 16.8 Å². The molecule has 2 aromatic carbocycles. The lowest BCUT2D eigenvalue weighted by Crippen LogP contribution is -2.14. The average molecular weight is 382 g/mol. The number of benzene rings is 2. The van der Waals surface area contributed by atoms with Crippen molar-refractivity contribution in [1.82, 2.24) is 14.8 Å². The van der Waals surface area contributed by atoms with Gasteiger partial charge >= 0.3 is 0 Å². The maximum absolute atomic E-state index is 12.7. The number of hydrogen-bond acceptors (Lipinski definition) is 5. The zero-order valence-electron chi connectivity index (χ0n) is 16.0. The zero-order chi connectivity index (χ0) is 19.4. The van der Waals surface area contributed by atoms with E-state index in [1.54, 1.807) is 7.11 Å². The van der Waals surface area contributed by atoms with Gasteiger partial charge in [-0.2, -0.15) is 0 Å². The average Bonchev–Trinajstić information content (AvgIpc) is 3.07. The van der Waals surface area contributed by atoms with E-state index in [4.69, 9.17) is 4.74 Å². The molecule has 27 heavy (non-hydrogen) atoms. The van der Waals surface area contributed by atoms with E-state index < -0.39 is 0 Å². The molecule has 1 aromatic heterocycles. The van der Waals surface area contributed by atoms with Crippen LogP contribution in [0.5, 0.6) is 5.75 Å². The molecule has 0 aliphatic heterocycles. The molecule has 0 bridgehead atoms. The lowest BCUT2D eigenvalue weighted by Gasteiger charge is -2.10. The van der Waals surface area contributed by atoms with Crippen LogP contribution in [0.2, 0.25) is 0 Å². The van der Waals surface area contributed by atoms with Crippen LogP contribution in [0.25, 0.3) is 11.4 Å². The minimum Gasteiger partial charge on any atom is -0.497 e. The Bertz CT molecular complexity index is 918. The first-order valence-corrected chi connectivity index (χ1v) is 9.75. The summed E-state index contributed by atoms with van der Waals surface area (Å²) in [5.41, 5.74) is 2.90. The second-order valence-corrected chi connectivity index (χ2v) is 7.58. The number of Topliss-reactive ketones (excluding diaryl/α,β-unsaturated/α-hetero) is 1. The number of carbonyl (C=O) groups excluding carboxylic acids is 1. The minimum absolute atomic E-state index is 0.0941. The van der Waals surface area contributed by atoms with E-state index in [0.29, 0.717) is 5.16 Å². The number of thioether (sulfide) groups is 1. The van der Waals surface area contributed by atoms with Crippen molar-refractivity contribution in [2.24, 2.45) is 7.05 Å². The highest BCUT2D eigenvalue weighted by Crippen LogP contribution is 2.28. The summed E-state index contributed by atoms with van der Waals surface area (Å²) in [4.78, 5) is 12.7. The maximum atomic E-state index is 12.7. The van der Waals surface area contributed by atoms with Crippen LogP contribution >= 0.6 is 11.8 Å². The molecule has 0 fully saturated rings. The van der Waals surface area contributed by atoms with Gasteiger partial charge in [-0.25, -0.2) is 0 Å². The van der Waals surface area contributed by atoms with E-state index in [-0.39, 0.29) is 11.0 Å². The first-order valence-electron chi connectivity index (χ1n) is 8.87. The van der Waals surface area contributed by atoms with Crippen LogP contribution in [-0.2, 0) is 13.5 Å². The van der Waals surface area contributed by atoms with Gasteiger partial charge in [0.2, 0.25) is 0 Å². The normalized spacial score (nSPS) is 12.0. The molecule has 1 heterocycles. The molecule has 5 nitrogen and oxygen atoms in total. The van der Waals surface area contributed by atoms with Gasteiger partial charge in [-0.15, -0.1) is 10.2 Å². The fourth-order valence-corrected chi connectivity index (χ4v) is 3.65. The van der Waals surface area contributed by atoms with Gasteiger partial charge in [-0.05, 0) is 43.2 Å². The predicted octanol–water partition coefficient (Wildman–Crippen LogP) is 4.42. The maximum Gasteiger partial charge on any atom is 0.191 e. The Morgan fingerprint density at radius 3 is 2.37 bits per heavy atom. The van der Waals surface area contributed by atoms with Crippen molar-refractivity contribution in [2.75, 3.05) is 7.11 Å². The number of aromatic nitrogens is 3. The summed E-state index contributed by atoms with van der Waals surface area (Å²) < 4.78 is 7.10. The molecule has 6 heteroatoms. The summed E-state index contributed by atoms with van der Waals surface area (Å²) >= 11 is 1.42. The second kappa shape index (κ2) is 8.39. The molecule has 3 rings (SSSR count). The first-order chi connectivity index (χ1) is 13.0. The summed E-state index contributed by atoms with van der Waals surface area (Å²) in [6, 6.07) is 15.5. The van der Waals surface area contributed by atoms with E-state index in [0.717, 1.165) is 29.1 Å². The highest BCUT2D eigenvalue weighted by molar-refractivity contribution is 8.00. The Morgan fingerprint density at radius 1 is 1.11 bits per heavy atom. The van der Waals surface area contributed by atoms with E-state index in [1.165, 1.54) is 17.3 Å². The molecular weight excluding hydrogens is 358 g/mol. The number of methoxy groups -OCH3 is 1. The Hall–Kier alpha value is -2.60. The molecule has 140 valence electrons. The minimum atomic E-state index is -0.246. The number of ether oxygens (including phenoxy) is 1. The van der Waals surface area contributed by atoms with Crippen LogP contribution in [0.1, 0.15) is 29.8 Å². The smallest absolute Gasteiger partial charge is 0.191 e. The van der Waals surface area contributed by atoms with Crippen molar-refractivity contribution in [3.63, 3.8) is 0 Å². The summed E-state index contributed by atoms with van der Waals surface area (Å²) in [6.45, 7) is 4.01. The molecule has 0 aliphatic carbocycles. The van der Waals surface area contributed by atoms with Crippen LogP contribution in [0.15, 0.2) is 53.7 Å². The standard InChI is InChI=1S/C21H23N3O2S/c1-5-15-6-8-16(9-7-15)19(25)14(2)27-21-23-22-20(24(21)3)17-10-12-18(26-4)13-11-17/h6-14H,5H2,1-4H3/t14-/m0/s1. The van der Waals surface area contributed by atoms with Crippen molar-refractivity contribution in [3.8, 4) is 17.1 Å². The van der Waals surface area contributed by atoms with Gasteiger partial charge in [0, 0.05) is 18.2 Å². The van der Waals surface area contributed by atoms with E-state index in [2.05, 4.69) is 17.1 Å². The third-order valence-electron chi connectivity index (χ3n) is 4.48. The lowest BCUT2D eigenvalue weighted by atomic mass is 10.1. The Kier molecular flexibility index (Phi) is 5.96. The molecule has 0 amide bonds. The summed E-state index contributed by atoms with van der Waals surface area (Å²) in [7, 11) is 3.55. The molecule has 0 aliphatic rings. The van der Waals surface area contributed by atoms with Gasteiger partial charge in [-0.3, -0.25) is 4.79 Å². The third kappa shape index (κ3) is 4.22. The molecular formula is C21H23N3O2S. The fourth-order valence-electron chi connectivity index (χ4n) is 2.76. The molecule has 0 N–H and O–H groups in total. The van der Waals surface area contributed by atoms with Crippen LogP contribution in [-0.4, -0.2) is 32.9 Å². The van der Waals surface area contributed by atoms with Crippen LogP contribution in [0.4, 0.5) is 0 Å². The molecule has 0 radical (unpaired) electrons.